The third kappa shape index (κ3) is 6.09. The van der Waals surface area contributed by atoms with E-state index >= 15 is 0 Å². The number of allylic oxidation sites excluding steroid dienone is 6. The number of aromatic nitrogens is 1. The fourth-order valence-corrected chi connectivity index (χ4v) is 8.85. The van der Waals surface area contributed by atoms with Crippen LogP contribution in [0.5, 0.6) is 0 Å². The first-order chi connectivity index (χ1) is 25.2. The van der Waals surface area contributed by atoms with Crippen LogP contribution >= 0.6 is 0 Å². The summed E-state index contributed by atoms with van der Waals surface area (Å²) in [7, 11) is 0. The second-order valence-corrected chi connectivity index (χ2v) is 16.1. The molecule has 0 amide bonds. The lowest BCUT2D eigenvalue weighted by Crippen LogP contribution is -2.15. The molecule has 2 aliphatic rings. The minimum Gasteiger partial charge on any atom is -0.309 e. The molecular weight excluding hydrogens is 627 g/mol. The fraction of sp³-hybridized carbons (Fsp3) is 0.294. The van der Waals surface area contributed by atoms with Crippen LogP contribution in [-0.4, -0.2) is 4.57 Å². The Labute approximate surface area is 311 Å². The van der Waals surface area contributed by atoms with E-state index in [1.807, 2.05) is 0 Å². The molecule has 2 aliphatic carbocycles. The van der Waals surface area contributed by atoms with E-state index in [0.717, 1.165) is 18.8 Å². The van der Waals surface area contributed by atoms with E-state index in [1.54, 1.807) is 0 Å². The SMILES string of the molecule is CCC(C)CCC/C=C\C(C)c1cc2c(cc1C)C(C)(C)c1ccc(-n3c4ccc(C5=CCCC=C5)cc4c4cc(-c5ccccc5)ccc43)cc1-2. The van der Waals surface area contributed by atoms with Crippen LogP contribution in [-0.2, 0) is 5.41 Å². The summed E-state index contributed by atoms with van der Waals surface area (Å²) >= 11 is 0. The zero-order valence-electron chi connectivity index (χ0n) is 32.0. The van der Waals surface area contributed by atoms with E-state index in [4.69, 9.17) is 0 Å². The van der Waals surface area contributed by atoms with Gasteiger partial charge in [-0.3, -0.25) is 0 Å². The smallest absolute Gasteiger partial charge is 0.0541 e. The summed E-state index contributed by atoms with van der Waals surface area (Å²) in [6, 6.07) is 37.1. The Morgan fingerprint density at radius 2 is 1.48 bits per heavy atom. The van der Waals surface area contributed by atoms with Crippen molar-refractivity contribution in [2.75, 3.05) is 0 Å². The molecule has 0 N–H and O–H groups in total. The average molecular weight is 680 g/mol. The molecule has 2 unspecified atom stereocenters. The first-order valence-electron chi connectivity index (χ1n) is 19.7. The van der Waals surface area contributed by atoms with E-state index < -0.39 is 0 Å². The summed E-state index contributed by atoms with van der Waals surface area (Å²) in [6.45, 7) is 14.2. The van der Waals surface area contributed by atoms with Gasteiger partial charge >= 0.3 is 0 Å². The Morgan fingerprint density at radius 3 is 2.21 bits per heavy atom. The molecule has 0 fully saturated rings. The van der Waals surface area contributed by atoms with Crippen molar-refractivity contribution < 1.29 is 0 Å². The van der Waals surface area contributed by atoms with Gasteiger partial charge < -0.3 is 4.57 Å². The fourth-order valence-electron chi connectivity index (χ4n) is 8.85. The molecule has 262 valence electrons. The van der Waals surface area contributed by atoms with Gasteiger partial charge in [0, 0.05) is 21.9 Å². The number of nitrogens with zero attached hydrogens (tertiary/aromatic N) is 1. The third-order valence-electron chi connectivity index (χ3n) is 12.2. The van der Waals surface area contributed by atoms with Crippen LogP contribution in [0.1, 0.15) is 107 Å². The van der Waals surface area contributed by atoms with Gasteiger partial charge in [0.05, 0.1) is 11.0 Å². The minimum absolute atomic E-state index is 0.0525. The number of rotatable bonds is 10. The summed E-state index contributed by atoms with van der Waals surface area (Å²) in [5.74, 6) is 1.20. The van der Waals surface area contributed by atoms with Gasteiger partial charge in [0.25, 0.3) is 0 Å². The Morgan fingerprint density at radius 1 is 0.750 bits per heavy atom. The van der Waals surface area contributed by atoms with Gasteiger partial charge in [-0.25, -0.2) is 0 Å². The summed E-state index contributed by atoms with van der Waals surface area (Å²) in [5, 5.41) is 2.59. The monoisotopic (exact) mass is 679 g/mol. The number of benzene rings is 5. The molecule has 0 saturated carbocycles. The van der Waals surface area contributed by atoms with E-state index in [2.05, 4.69) is 174 Å². The largest absolute Gasteiger partial charge is 0.309 e. The molecule has 5 aromatic carbocycles. The topological polar surface area (TPSA) is 4.93 Å². The lowest BCUT2D eigenvalue weighted by Gasteiger charge is -2.23. The van der Waals surface area contributed by atoms with E-state index in [9.17, 15) is 0 Å². The van der Waals surface area contributed by atoms with E-state index in [0.29, 0.717) is 5.92 Å². The molecule has 0 radical (unpaired) electrons. The Hall–Kier alpha value is -4.88. The molecule has 52 heavy (non-hydrogen) atoms. The molecule has 8 rings (SSSR count). The Bertz CT molecular complexity index is 2370. The minimum atomic E-state index is -0.0525. The van der Waals surface area contributed by atoms with Crippen LogP contribution in [0.25, 0.3) is 55.3 Å². The number of aryl methyl sites for hydroxylation is 1. The molecule has 1 nitrogen and oxygen atoms in total. The van der Waals surface area contributed by atoms with Gasteiger partial charge in [0.15, 0.2) is 0 Å². The molecular formula is C51H53N. The maximum atomic E-state index is 2.52. The molecule has 1 heterocycles. The summed E-state index contributed by atoms with van der Waals surface area (Å²) in [4.78, 5) is 0. The molecule has 0 spiro atoms. The normalized spacial score (nSPS) is 16.0. The van der Waals surface area contributed by atoms with Gasteiger partial charge in [-0.1, -0.05) is 132 Å². The highest BCUT2D eigenvalue weighted by Gasteiger charge is 2.36. The van der Waals surface area contributed by atoms with Gasteiger partial charge in [-0.15, -0.1) is 0 Å². The zero-order chi connectivity index (χ0) is 36.0. The first-order valence-corrected chi connectivity index (χ1v) is 19.7. The van der Waals surface area contributed by atoms with Crippen molar-refractivity contribution in [2.45, 2.75) is 91.4 Å². The molecule has 1 heteroatoms. The maximum Gasteiger partial charge on any atom is 0.0541 e. The van der Waals surface area contributed by atoms with Crippen LogP contribution < -0.4 is 0 Å². The van der Waals surface area contributed by atoms with Gasteiger partial charge in [0.2, 0.25) is 0 Å². The first kappa shape index (κ1) is 34.2. The van der Waals surface area contributed by atoms with Crippen LogP contribution in [0, 0.1) is 12.8 Å². The van der Waals surface area contributed by atoms with Crippen molar-refractivity contribution in [2.24, 2.45) is 5.92 Å². The van der Waals surface area contributed by atoms with Crippen molar-refractivity contribution in [1.29, 1.82) is 0 Å². The molecule has 0 bridgehead atoms. The quantitative estimate of drug-likeness (QED) is 0.100. The van der Waals surface area contributed by atoms with Crippen LogP contribution in [0.3, 0.4) is 0 Å². The molecule has 6 aromatic rings. The summed E-state index contributed by atoms with van der Waals surface area (Å²) in [6.07, 6.45) is 19.1. The van der Waals surface area contributed by atoms with Gasteiger partial charge in [-0.2, -0.15) is 0 Å². The highest BCUT2D eigenvalue weighted by Crippen LogP contribution is 2.51. The summed E-state index contributed by atoms with van der Waals surface area (Å²) in [5.41, 5.74) is 17.2. The van der Waals surface area contributed by atoms with Crippen LogP contribution in [0.2, 0.25) is 0 Å². The molecule has 0 aliphatic heterocycles. The Balaban J connectivity index is 1.24. The number of unbranched alkanes of at least 4 members (excludes halogenated alkanes) is 1. The number of hydrogen-bond acceptors (Lipinski definition) is 0. The number of hydrogen-bond donors (Lipinski definition) is 0. The zero-order valence-corrected chi connectivity index (χ0v) is 32.0. The predicted octanol–water partition coefficient (Wildman–Crippen LogP) is 14.7. The molecule has 1 aromatic heterocycles. The predicted molar refractivity (Wildman–Crippen MR) is 226 cm³/mol. The lowest BCUT2D eigenvalue weighted by molar-refractivity contribution is 0.498. The Kier molecular flexibility index (Phi) is 9.16. The van der Waals surface area contributed by atoms with Crippen LogP contribution in [0.4, 0.5) is 0 Å². The van der Waals surface area contributed by atoms with Gasteiger partial charge in [-0.05, 0) is 143 Å². The molecule has 0 saturated heterocycles. The van der Waals surface area contributed by atoms with Crippen molar-refractivity contribution >= 4 is 27.4 Å². The number of fused-ring (bicyclic) bond motifs is 6. The van der Waals surface area contributed by atoms with Crippen molar-refractivity contribution in [3.05, 3.63) is 155 Å². The summed E-state index contributed by atoms with van der Waals surface area (Å²) < 4.78 is 2.50. The molecule has 2 atom stereocenters. The van der Waals surface area contributed by atoms with Crippen LogP contribution in [0.15, 0.2) is 127 Å². The van der Waals surface area contributed by atoms with Crippen molar-refractivity contribution in [3.8, 4) is 27.9 Å². The second kappa shape index (κ2) is 13.9. The average Bonchev–Trinajstić information content (AvgIpc) is 3.61. The second-order valence-electron chi connectivity index (χ2n) is 16.1. The van der Waals surface area contributed by atoms with Crippen molar-refractivity contribution in [1.82, 2.24) is 4.57 Å². The highest BCUT2D eigenvalue weighted by molar-refractivity contribution is 6.11. The lowest BCUT2D eigenvalue weighted by atomic mass is 9.81. The third-order valence-corrected chi connectivity index (χ3v) is 12.2. The van der Waals surface area contributed by atoms with Gasteiger partial charge in [0.1, 0.15) is 0 Å². The highest BCUT2D eigenvalue weighted by atomic mass is 15.0. The maximum absolute atomic E-state index is 2.52. The van der Waals surface area contributed by atoms with E-state index in [1.165, 1.54) is 109 Å². The standard InChI is InChI=1S/C51H53N/c1-7-34(2)17-11-8-12-18-35(3)42-33-44-43-32-41(25-26-47(43)51(5,6)48(44)29-36(42)4)52-49-27-23-39(37-19-13-9-14-20-37)30-45(49)46-31-40(24-28-50(46)52)38-21-15-10-16-22-38/h9,12-15,18-35H,7-8,10-11,16-17H2,1-6H3/b18-12-. The van der Waals surface area contributed by atoms with Crippen molar-refractivity contribution in [3.63, 3.8) is 0 Å². The van der Waals surface area contributed by atoms with E-state index in [-0.39, 0.29) is 5.41 Å².